The van der Waals surface area contributed by atoms with Crippen LogP contribution in [0.3, 0.4) is 0 Å². The molecule has 0 amide bonds. The Bertz CT molecular complexity index is 884. The van der Waals surface area contributed by atoms with Crippen LogP contribution in [0.4, 0.5) is 17.1 Å². The molecule has 0 saturated carbocycles. The standard InChI is InChI=1S/C17H19N3O4S/c1-25(23,24)17-11-15(20(21)22)7-8-16(17)18-13-9-10-19(12-13)14-5-3-2-4-6-14/h2-8,11,13,18H,9-10,12H2,1H3. The third-order valence-corrected chi connectivity index (χ3v) is 5.38. The van der Waals surface area contributed by atoms with Gasteiger partial charge in [0.1, 0.15) is 0 Å². The van der Waals surface area contributed by atoms with Gasteiger partial charge in [0.25, 0.3) is 5.69 Å². The fourth-order valence-corrected chi connectivity index (χ4v) is 3.88. The highest BCUT2D eigenvalue weighted by molar-refractivity contribution is 7.90. The number of anilines is 2. The van der Waals surface area contributed by atoms with Crippen molar-refractivity contribution >= 4 is 26.9 Å². The molecular formula is C17H19N3O4S. The van der Waals surface area contributed by atoms with Gasteiger partial charge in [0, 0.05) is 43.2 Å². The van der Waals surface area contributed by atoms with Gasteiger partial charge >= 0.3 is 0 Å². The van der Waals surface area contributed by atoms with Crippen LogP contribution in [0.15, 0.2) is 53.4 Å². The summed E-state index contributed by atoms with van der Waals surface area (Å²) in [4.78, 5) is 12.5. The zero-order chi connectivity index (χ0) is 18.0. The predicted molar refractivity (Wildman–Crippen MR) is 96.9 cm³/mol. The third kappa shape index (κ3) is 3.90. The molecule has 0 radical (unpaired) electrons. The van der Waals surface area contributed by atoms with E-state index in [0.717, 1.165) is 37.5 Å². The first kappa shape index (κ1) is 17.2. The molecule has 1 N–H and O–H groups in total. The van der Waals surface area contributed by atoms with Crippen molar-refractivity contribution in [2.45, 2.75) is 17.4 Å². The zero-order valence-electron chi connectivity index (χ0n) is 13.8. The second-order valence-corrected chi connectivity index (χ2v) is 8.11. The summed E-state index contributed by atoms with van der Waals surface area (Å²) in [5.74, 6) is 0. The van der Waals surface area contributed by atoms with Gasteiger partial charge in [0.05, 0.1) is 15.5 Å². The van der Waals surface area contributed by atoms with Gasteiger partial charge in [-0.25, -0.2) is 8.42 Å². The van der Waals surface area contributed by atoms with Crippen LogP contribution in [-0.2, 0) is 9.84 Å². The van der Waals surface area contributed by atoms with Crippen molar-refractivity contribution < 1.29 is 13.3 Å². The molecule has 1 unspecified atom stereocenters. The van der Waals surface area contributed by atoms with Crippen molar-refractivity contribution in [1.29, 1.82) is 0 Å². The summed E-state index contributed by atoms with van der Waals surface area (Å²) in [6.45, 7) is 1.60. The van der Waals surface area contributed by atoms with Crippen molar-refractivity contribution in [3.05, 3.63) is 58.6 Å². The number of hydrogen-bond acceptors (Lipinski definition) is 6. The molecule has 2 aromatic rings. The summed E-state index contributed by atoms with van der Waals surface area (Å²) in [6, 6.07) is 14.0. The summed E-state index contributed by atoms with van der Waals surface area (Å²) < 4.78 is 24.0. The Morgan fingerprint density at radius 2 is 1.92 bits per heavy atom. The Balaban J connectivity index is 1.80. The van der Waals surface area contributed by atoms with Crippen molar-refractivity contribution in [3.63, 3.8) is 0 Å². The highest BCUT2D eigenvalue weighted by Crippen LogP contribution is 2.29. The lowest BCUT2D eigenvalue weighted by Gasteiger charge is -2.20. The van der Waals surface area contributed by atoms with Crippen LogP contribution >= 0.6 is 0 Å². The Kier molecular flexibility index (Phi) is 4.63. The van der Waals surface area contributed by atoms with E-state index in [1.807, 2.05) is 30.3 Å². The zero-order valence-corrected chi connectivity index (χ0v) is 14.6. The van der Waals surface area contributed by atoms with E-state index in [0.29, 0.717) is 5.69 Å². The van der Waals surface area contributed by atoms with Crippen LogP contribution in [-0.4, -0.2) is 38.7 Å². The fraction of sp³-hybridized carbons (Fsp3) is 0.294. The van der Waals surface area contributed by atoms with Gasteiger partial charge in [0.15, 0.2) is 9.84 Å². The normalized spacial score (nSPS) is 17.5. The van der Waals surface area contributed by atoms with Gasteiger partial charge in [-0.15, -0.1) is 0 Å². The number of para-hydroxylation sites is 1. The molecule has 0 bridgehead atoms. The van der Waals surface area contributed by atoms with E-state index in [2.05, 4.69) is 10.2 Å². The summed E-state index contributed by atoms with van der Waals surface area (Å²) >= 11 is 0. The quantitative estimate of drug-likeness (QED) is 0.650. The number of nitro groups is 1. The summed E-state index contributed by atoms with van der Waals surface area (Å²) in [5, 5.41) is 14.2. The van der Waals surface area contributed by atoms with E-state index in [1.165, 1.54) is 12.1 Å². The van der Waals surface area contributed by atoms with Crippen molar-refractivity contribution in [1.82, 2.24) is 0 Å². The topological polar surface area (TPSA) is 92.5 Å². The number of non-ortho nitro benzene ring substituents is 1. The molecule has 25 heavy (non-hydrogen) atoms. The van der Waals surface area contributed by atoms with Crippen LogP contribution in [0, 0.1) is 10.1 Å². The minimum absolute atomic E-state index is 0.0418. The van der Waals surface area contributed by atoms with E-state index < -0.39 is 14.8 Å². The molecule has 1 saturated heterocycles. The maximum absolute atomic E-state index is 12.0. The lowest BCUT2D eigenvalue weighted by Crippen LogP contribution is -2.26. The average Bonchev–Trinajstić information content (AvgIpc) is 3.03. The smallest absolute Gasteiger partial charge is 0.270 e. The second kappa shape index (κ2) is 6.72. The molecule has 7 nitrogen and oxygen atoms in total. The van der Waals surface area contributed by atoms with E-state index in [4.69, 9.17) is 0 Å². The minimum atomic E-state index is -3.58. The highest BCUT2D eigenvalue weighted by Gasteiger charge is 2.25. The predicted octanol–water partition coefficient (Wildman–Crippen LogP) is 2.69. The van der Waals surface area contributed by atoms with Gasteiger partial charge in [0.2, 0.25) is 0 Å². The molecule has 0 aromatic heterocycles. The molecule has 1 aliphatic rings. The molecular weight excluding hydrogens is 342 g/mol. The molecule has 0 spiro atoms. The number of benzene rings is 2. The maximum atomic E-state index is 12.0. The molecule has 1 fully saturated rings. The first-order chi connectivity index (χ1) is 11.8. The molecule has 1 aliphatic heterocycles. The van der Waals surface area contributed by atoms with Crippen molar-refractivity contribution in [2.75, 3.05) is 29.6 Å². The lowest BCUT2D eigenvalue weighted by molar-refractivity contribution is -0.385. The Labute approximate surface area is 146 Å². The van der Waals surface area contributed by atoms with Crippen LogP contribution in [0.5, 0.6) is 0 Å². The van der Waals surface area contributed by atoms with E-state index in [-0.39, 0.29) is 16.6 Å². The average molecular weight is 361 g/mol. The van der Waals surface area contributed by atoms with Gasteiger partial charge in [-0.2, -0.15) is 0 Å². The molecule has 2 aromatic carbocycles. The second-order valence-electron chi connectivity index (χ2n) is 6.12. The van der Waals surface area contributed by atoms with Gasteiger partial charge in [-0.05, 0) is 24.6 Å². The molecule has 3 rings (SSSR count). The first-order valence-electron chi connectivity index (χ1n) is 7.89. The number of hydrogen-bond donors (Lipinski definition) is 1. The largest absolute Gasteiger partial charge is 0.379 e. The molecule has 1 heterocycles. The molecule has 0 aliphatic carbocycles. The van der Waals surface area contributed by atoms with Crippen LogP contribution in [0.25, 0.3) is 0 Å². The highest BCUT2D eigenvalue weighted by atomic mass is 32.2. The van der Waals surface area contributed by atoms with Crippen molar-refractivity contribution in [2.24, 2.45) is 0 Å². The van der Waals surface area contributed by atoms with Crippen LogP contribution in [0.2, 0.25) is 0 Å². The van der Waals surface area contributed by atoms with Gasteiger partial charge in [-0.3, -0.25) is 10.1 Å². The van der Waals surface area contributed by atoms with Gasteiger partial charge in [-0.1, -0.05) is 18.2 Å². The minimum Gasteiger partial charge on any atom is -0.379 e. The Morgan fingerprint density at radius 3 is 2.56 bits per heavy atom. The lowest BCUT2D eigenvalue weighted by atomic mass is 10.2. The summed E-state index contributed by atoms with van der Waals surface area (Å²) in [6.07, 6.45) is 1.91. The van der Waals surface area contributed by atoms with E-state index in [9.17, 15) is 18.5 Å². The SMILES string of the molecule is CS(=O)(=O)c1cc([N+](=O)[O-])ccc1NC1CCN(c2ccccc2)C1. The van der Waals surface area contributed by atoms with Crippen LogP contribution < -0.4 is 10.2 Å². The molecule has 8 heteroatoms. The molecule has 132 valence electrons. The number of sulfone groups is 1. The van der Waals surface area contributed by atoms with E-state index >= 15 is 0 Å². The summed E-state index contributed by atoms with van der Waals surface area (Å²) in [7, 11) is -3.58. The Hall–Kier alpha value is -2.61. The fourth-order valence-electron chi connectivity index (χ4n) is 3.02. The van der Waals surface area contributed by atoms with Crippen molar-refractivity contribution in [3.8, 4) is 0 Å². The van der Waals surface area contributed by atoms with Crippen LogP contribution in [0.1, 0.15) is 6.42 Å². The number of nitro benzene ring substituents is 1. The monoisotopic (exact) mass is 361 g/mol. The number of nitrogens with zero attached hydrogens (tertiary/aromatic N) is 2. The van der Waals surface area contributed by atoms with Gasteiger partial charge < -0.3 is 10.2 Å². The summed E-state index contributed by atoms with van der Waals surface area (Å²) in [5.41, 5.74) is 1.30. The Morgan fingerprint density at radius 1 is 1.20 bits per heavy atom. The maximum Gasteiger partial charge on any atom is 0.270 e. The van der Waals surface area contributed by atoms with E-state index in [1.54, 1.807) is 0 Å². The number of rotatable bonds is 5. The third-order valence-electron chi connectivity index (χ3n) is 4.24. The first-order valence-corrected chi connectivity index (χ1v) is 9.79. The number of nitrogens with one attached hydrogen (secondary N) is 1. The molecule has 1 atom stereocenters.